The summed E-state index contributed by atoms with van der Waals surface area (Å²) in [6, 6.07) is 2.14. The molecule has 1 amide bonds. The van der Waals surface area contributed by atoms with Crippen molar-refractivity contribution in [3.63, 3.8) is 0 Å². The summed E-state index contributed by atoms with van der Waals surface area (Å²) in [7, 11) is 0. The van der Waals surface area contributed by atoms with Crippen LogP contribution in [0.15, 0.2) is 0 Å². The predicted molar refractivity (Wildman–Crippen MR) is 85.0 cm³/mol. The maximum Gasteiger partial charge on any atom is 0.238 e. The molecule has 2 aliphatic rings. The summed E-state index contributed by atoms with van der Waals surface area (Å²) in [6.45, 7) is 5.44. The molecular formula is C17H29N3O2. The molecule has 2 N–H and O–H groups in total. The smallest absolute Gasteiger partial charge is 0.238 e. The van der Waals surface area contributed by atoms with Crippen molar-refractivity contribution in [3.05, 3.63) is 0 Å². The lowest BCUT2D eigenvalue weighted by molar-refractivity contribution is -0.128. The van der Waals surface area contributed by atoms with Crippen LogP contribution in [0.25, 0.3) is 0 Å². The van der Waals surface area contributed by atoms with Crippen molar-refractivity contribution in [2.45, 2.75) is 76.5 Å². The van der Waals surface area contributed by atoms with E-state index in [4.69, 9.17) is 0 Å². The van der Waals surface area contributed by atoms with Gasteiger partial charge in [0.1, 0.15) is 5.54 Å². The summed E-state index contributed by atoms with van der Waals surface area (Å²) < 4.78 is 0. The van der Waals surface area contributed by atoms with Crippen LogP contribution in [-0.2, 0) is 4.79 Å². The van der Waals surface area contributed by atoms with Crippen LogP contribution in [0.5, 0.6) is 0 Å². The van der Waals surface area contributed by atoms with E-state index in [0.717, 1.165) is 58.0 Å². The van der Waals surface area contributed by atoms with Crippen LogP contribution < -0.4 is 5.32 Å². The highest BCUT2D eigenvalue weighted by Gasteiger charge is 2.36. The number of amides is 1. The van der Waals surface area contributed by atoms with E-state index in [1.54, 1.807) is 0 Å². The van der Waals surface area contributed by atoms with E-state index in [1.165, 1.54) is 0 Å². The standard InChI is InChI=1S/C17H29N3O2/c1-13(20-10-6-15(7-11-20)14(2)21)16(22)19-17(12-18)8-4-3-5-9-17/h13-15,21H,3-11H2,1-2H3,(H,19,22). The minimum atomic E-state index is -0.651. The first kappa shape index (κ1) is 17.2. The third-order valence-corrected chi connectivity index (χ3v) is 5.47. The van der Waals surface area contributed by atoms with Crippen molar-refractivity contribution in [3.8, 4) is 6.07 Å². The molecule has 0 spiro atoms. The van der Waals surface area contributed by atoms with Crippen molar-refractivity contribution in [2.75, 3.05) is 13.1 Å². The molecule has 22 heavy (non-hydrogen) atoms. The first-order chi connectivity index (χ1) is 10.5. The Morgan fingerprint density at radius 2 is 1.86 bits per heavy atom. The third kappa shape index (κ3) is 3.99. The number of rotatable bonds is 4. The van der Waals surface area contributed by atoms with Crippen LogP contribution in [0.2, 0.25) is 0 Å². The monoisotopic (exact) mass is 307 g/mol. The van der Waals surface area contributed by atoms with Gasteiger partial charge >= 0.3 is 0 Å². The minimum absolute atomic E-state index is 0.0288. The second kappa shape index (κ2) is 7.43. The minimum Gasteiger partial charge on any atom is -0.393 e. The molecule has 1 heterocycles. The predicted octanol–water partition coefficient (Wildman–Crippen LogP) is 1.81. The molecule has 2 unspecified atom stereocenters. The van der Waals surface area contributed by atoms with Crippen molar-refractivity contribution < 1.29 is 9.90 Å². The van der Waals surface area contributed by atoms with Gasteiger partial charge in [-0.3, -0.25) is 9.69 Å². The van der Waals surface area contributed by atoms with Crippen LogP contribution in [0.3, 0.4) is 0 Å². The molecule has 1 aliphatic heterocycles. The first-order valence-electron chi connectivity index (χ1n) is 8.63. The molecule has 1 saturated heterocycles. The van der Waals surface area contributed by atoms with E-state index in [-0.39, 0.29) is 18.1 Å². The Morgan fingerprint density at radius 3 is 2.36 bits per heavy atom. The summed E-state index contributed by atoms with van der Waals surface area (Å²) in [5.41, 5.74) is -0.651. The first-order valence-corrected chi connectivity index (χ1v) is 8.63. The van der Waals surface area contributed by atoms with Crippen molar-refractivity contribution in [1.29, 1.82) is 5.26 Å². The van der Waals surface area contributed by atoms with E-state index in [9.17, 15) is 15.2 Å². The van der Waals surface area contributed by atoms with Gasteiger partial charge in [-0.05, 0) is 58.5 Å². The van der Waals surface area contributed by atoms with Gasteiger partial charge in [-0.1, -0.05) is 19.3 Å². The number of carbonyl (C=O) groups excluding carboxylic acids is 1. The topological polar surface area (TPSA) is 76.4 Å². The third-order valence-electron chi connectivity index (χ3n) is 5.47. The lowest BCUT2D eigenvalue weighted by Gasteiger charge is -2.38. The van der Waals surface area contributed by atoms with Gasteiger partial charge in [0.2, 0.25) is 5.91 Å². The molecule has 5 heteroatoms. The molecule has 0 aromatic rings. The van der Waals surface area contributed by atoms with Crippen LogP contribution in [0.1, 0.15) is 58.8 Å². The summed E-state index contributed by atoms with van der Waals surface area (Å²) in [6.07, 6.45) is 6.32. The molecule has 2 rings (SSSR count). The highest BCUT2D eigenvalue weighted by molar-refractivity contribution is 5.82. The van der Waals surface area contributed by atoms with Crippen LogP contribution in [0, 0.1) is 17.2 Å². The van der Waals surface area contributed by atoms with Crippen LogP contribution >= 0.6 is 0 Å². The SMILES string of the molecule is CC(O)C1CCN(C(C)C(=O)NC2(C#N)CCCCC2)CC1. The number of aliphatic hydroxyl groups is 1. The molecule has 0 radical (unpaired) electrons. The number of nitrogens with zero attached hydrogens (tertiary/aromatic N) is 2. The Balaban J connectivity index is 1.88. The van der Waals surface area contributed by atoms with Gasteiger partial charge in [-0.25, -0.2) is 0 Å². The van der Waals surface area contributed by atoms with E-state index < -0.39 is 5.54 Å². The number of hydrogen-bond donors (Lipinski definition) is 2. The zero-order valence-electron chi connectivity index (χ0n) is 13.8. The number of likely N-dealkylation sites (tertiary alicyclic amines) is 1. The Bertz CT molecular complexity index is 416. The molecule has 2 fully saturated rings. The highest BCUT2D eigenvalue weighted by Crippen LogP contribution is 2.28. The number of nitriles is 1. The molecule has 2 atom stereocenters. The second-order valence-corrected chi connectivity index (χ2v) is 7.03. The summed E-state index contributed by atoms with van der Waals surface area (Å²) >= 11 is 0. The average molecular weight is 307 g/mol. The van der Waals surface area contributed by atoms with Gasteiger partial charge in [0.25, 0.3) is 0 Å². The van der Waals surface area contributed by atoms with E-state index in [1.807, 2.05) is 13.8 Å². The number of nitrogens with one attached hydrogen (secondary N) is 1. The Hall–Kier alpha value is -1.12. The van der Waals surface area contributed by atoms with Gasteiger partial charge in [0.15, 0.2) is 0 Å². The van der Waals surface area contributed by atoms with Crippen molar-refractivity contribution in [1.82, 2.24) is 10.2 Å². The molecule has 0 bridgehead atoms. The number of piperidine rings is 1. The van der Waals surface area contributed by atoms with Crippen molar-refractivity contribution >= 4 is 5.91 Å². The zero-order valence-corrected chi connectivity index (χ0v) is 13.8. The average Bonchev–Trinajstić information content (AvgIpc) is 2.55. The number of carbonyl (C=O) groups is 1. The molecule has 5 nitrogen and oxygen atoms in total. The maximum absolute atomic E-state index is 12.5. The quantitative estimate of drug-likeness (QED) is 0.830. The lowest BCUT2D eigenvalue weighted by Crippen LogP contribution is -2.56. The molecule has 1 saturated carbocycles. The van der Waals surface area contributed by atoms with E-state index in [2.05, 4.69) is 16.3 Å². The largest absolute Gasteiger partial charge is 0.393 e. The molecule has 1 aliphatic carbocycles. The van der Waals surface area contributed by atoms with Crippen LogP contribution in [-0.4, -0.2) is 46.7 Å². The Morgan fingerprint density at radius 1 is 1.27 bits per heavy atom. The van der Waals surface area contributed by atoms with Gasteiger partial charge in [-0.15, -0.1) is 0 Å². The summed E-state index contributed by atoms with van der Waals surface area (Å²) in [4.78, 5) is 14.7. The second-order valence-electron chi connectivity index (χ2n) is 7.03. The molecular weight excluding hydrogens is 278 g/mol. The Labute approximate surface area is 133 Å². The summed E-state index contributed by atoms with van der Waals surface area (Å²) in [5, 5.41) is 22.2. The van der Waals surface area contributed by atoms with Crippen LogP contribution in [0.4, 0.5) is 0 Å². The van der Waals surface area contributed by atoms with E-state index in [0.29, 0.717) is 5.92 Å². The van der Waals surface area contributed by atoms with Gasteiger partial charge in [0.05, 0.1) is 18.2 Å². The zero-order chi connectivity index (χ0) is 16.2. The summed E-state index contributed by atoms with van der Waals surface area (Å²) in [5.74, 6) is 0.314. The molecule has 0 aromatic heterocycles. The van der Waals surface area contributed by atoms with E-state index >= 15 is 0 Å². The number of hydrogen-bond acceptors (Lipinski definition) is 4. The van der Waals surface area contributed by atoms with Gasteiger partial charge in [-0.2, -0.15) is 5.26 Å². The Kier molecular flexibility index (Phi) is 5.82. The van der Waals surface area contributed by atoms with Gasteiger partial charge in [0, 0.05) is 0 Å². The fourth-order valence-corrected chi connectivity index (χ4v) is 3.72. The van der Waals surface area contributed by atoms with Gasteiger partial charge < -0.3 is 10.4 Å². The number of aliphatic hydroxyl groups excluding tert-OH is 1. The fourth-order valence-electron chi connectivity index (χ4n) is 3.72. The highest BCUT2D eigenvalue weighted by atomic mass is 16.3. The molecule has 0 aromatic carbocycles. The molecule has 124 valence electrons. The lowest BCUT2D eigenvalue weighted by atomic mass is 9.82. The normalized spacial score (nSPS) is 25.9. The fraction of sp³-hybridized carbons (Fsp3) is 0.882. The maximum atomic E-state index is 12.5. The van der Waals surface area contributed by atoms with Crippen molar-refractivity contribution in [2.24, 2.45) is 5.92 Å².